The van der Waals surface area contributed by atoms with Gasteiger partial charge in [0.15, 0.2) is 5.82 Å². The molecule has 0 aliphatic carbocycles. The highest BCUT2D eigenvalue weighted by atomic mass is 19.1. The number of piperidine rings is 1. The van der Waals surface area contributed by atoms with E-state index in [0.717, 1.165) is 32.1 Å². The Kier molecular flexibility index (Phi) is 5.23. The minimum absolute atomic E-state index is 0.155. The fourth-order valence-corrected chi connectivity index (χ4v) is 1.97. The van der Waals surface area contributed by atoms with Crippen molar-refractivity contribution < 1.29 is 13.9 Å². The van der Waals surface area contributed by atoms with Crippen LogP contribution in [0.3, 0.4) is 0 Å². The van der Waals surface area contributed by atoms with Gasteiger partial charge >= 0.3 is 0 Å². The summed E-state index contributed by atoms with van der Waals surface area (Å²) in [5.41, 5.74) is 0.155. The normalized spacial score (nSPS) is 16.3. The number of ether oxygens (including phenoxy) is 1. The highest BCUT2D eigenvalue weighted by Gasteiger charge is 2.14. The lowest BCUT2D eigenvalue weighted by Crippen LogP contribution is -2.33. The molecule has 5 nitrogen and oxygen atoms in total. The van der Waals surface area contributed by atoms with E-state index in [-0.39, 0.29) is 24.1 Å². The fourth-order valence-electron chi connectivity index (χ4n) is 1.97. The molecule has 0 saturated carbocycles. The van der Waals surface area contributed by atoms with Crippen LogP contribution in [-0.4, -0.2) is 36.7 Å². The van der Waals surface area contributed by atoms with Crippen molar-refractivity contribution in [3.63, 3.8) is 0 Å². The molecule has 104 valence electrons. The van der Waals surface area contributed by atoms with Crippen molar-refractivity contribution in [3.8, 4) is 0 Å². The molecule has 0 bridgehead atoms. The monoisotopic (exact) mass is 267 g/mol. The molecule has 1 aromatic rings. The summed E-state index contributed by atoms with van der Waals surface area (Å²) in [7, 11) is 0. The first kappa shape index (κ1) is 13.9. The highest BCUT2D eigenvalue weighted by Crippen LogP contribution is 2.11. The van der Waals surface area contributed by atoms with Crippen molar-refractivity contribution in [2.75, 3.05) is 25.0 Å². The quantitative estimate of drug-likeness (QED) is 0.844. The molecule has 6 heteroatoms. The van der Waals surface area contributed by atoms with Crippen LogP contribution < -0.4 is 10.6 Å². The smallest absolute Gasteiger partial charge is 0.226 e. The zero-order valence-electron chi connectivity index (χ0n) is 10.7. The summed E-state index contributed by atoms with van der Waals surface area (Å²) < 4.78 is 18.9. The van der Waals surface area contributed by atoms with Gasteiger partial charge in [-0.3, -0.25) is 9.78 Å². The third kappa shape index (κ3) is 4.57. The van der Waals surface area contributed by atoms with E-state index in [4.69, 9.17) is 4.74 Å². The van der Waals surface area contributed by atoms with Crippen LogP contribution in [0.4, 0.5) is 10.1 Å². The summed E-state index contributed by atoms with van der Waals surface area (Å²) in [5, 5.41) is 5.75. The maximum atomic E-state index is 13.2. The van der Waals surface area contributed by atoms with Crippen LogP contribution in [0.1, 0.15) is 19.3 Å². The average Bonchev–Trinajstić information content (AvgIpc) is 2.43. The van der Waals surface area contributed by atoms with E-state index < -0.39 is 5.82 Å². The van der Waals surface area contributed by atoms with Gasteiger partial charge in [0.2, 0.25) is 5.91 Å². The topological polar surface area (TPSA) is 63.2 Å². The molecule has 0 aromatic carbocycles. The predicted molar refractivity (Wildman–Crippen MR) is 69.3 cm³/mol. The molecule has 0 spiro atoms. The molecule has 1 aliphatic heterocycles. The fraction of sp³-hybridized carbons (Fsp3) is 0.538. The van der Waals surface area contributed by atoms with E-state index in [1.165, 1.54) is 12.3 Å². The Morgan fingerprint density at radius 1 is 1.53 bits per heavy atom. The molecule has 2 N–H and O–H groups in total. The first-order valence-corrected chi connectivity index (χ1v) is 6.47. The Hall–Kier alpha value is -1.53. The lowest BCUT2D eigenvalue weighted by atomic mass is 10.1. The van der Waals surface area contributed by atoms with Crippen LogP contribution in [0.15, 0.2) is 18.5 Å². The number of carbonyl (C=O) groups is 1. The van der Waals surface area contributed by atoms with Crippen molar-refractivity contribution in [3.05, 3.63) is 24.3 Å². The van der Waals surface area contributed by atoms with Crippen molar-refractivity contribution in [2.45, 2.75) is 25.4 Å². The van der Waals surface area contributed by atoms with Gasteiger partial charge in [0.05, 0.1) is 31.0 Å². The van der Waals surface area contributed by atoms with E-state index in [1.807, 2.05) is 0 Å². The maximum Gasteiger partial charge on any atom is 0.226 e. The zero-order chi connectivity index (χ0) is 13.5. The van der Waals surface area contributed by atoms with Gasteiger partial charge in [0, 0.05) is 6.20 Å². The summed E-state index contributed by atoms with van der Waals surface area (Å²) in [5.74, 6) is -0.783. The first-order chi connectivity index (χ1) is 9.25. The van der Waals surface area contributed by atoms with Crippen LogP contribution in [0.2, 0.25) is 0 Å². The van der Waals surface area contributed by atoms with Crippen LogP contribution in [0.5, 0.6) is 0 Å². The van der Waals surface area contributed by atoms with Gasteiger partial charge in [0.25, 0.3) is 0 Å². The van der Waals surface area contributed by atoms with E-state index >= 15 is 0 Å². The first-order valence-electron chi connectivity index (χ1n) is 6.47. The van der Waals surface area contributed by atoms with Crippen molar-refractivity contribution in [1.29, 1.82) is 0 Å². The third-order valence-electron chi connectivity index (χ3n) is 3.02. The van der Waals surface area contributed by atoms with Gasteiger partial charge in [-0.2, -0.15) is 0 Å². The van der Waals surface area contributed by atoms with Crippen LogP contribution in [-0.2, 0) is 9.53 Å². The minimum atomic E-state index is -0.532. The van der Waals surface area contributed by atoms with Crippen molar-refractivity contribution in [1.82, 2.24) is 10.3 Å². The molecule has 2 heterocycles. The standard InChI is InChI=1S/C13H18FN3O2/c14-11-9-16-7-3-12(11)17-13(18)4-8-19-10-1-5-15-6-2-10/h3,7,9-10,15H,1-2,4-6,8H2,(H,16,17,18). The molecular formula is C13H18FN3O2. The molecular weight excluding hydrogens is 249 g/mol. The van der Waals surface area contributed by atoms with Gasteiger partial charge in [-0.05, 0) is 32.0 Å². The van der Waals surface area contributed by atoms with E-state index in [0.29, 0.717) is 6.61 Å². The predicted octanol–water partition coefficient (Wildman–Crippen LogP) is 1.32. The summed E-state index contributed by atoms with van der Waals surface area (Å²) in [6.07, 6.45) is 4.91. The largest absolute Gasteiger partial charge is 0.378 e. The Morgan fingerprint density at radius 3 is 3.05 bits per heavy atom. The SMILES string of the molecule is O=C(CCOC1CCNCC1)Nc1ccncc1F. The van der Waals surface area contributed by atoms with Crippen LogP contribution in [0, 0.1) is 5.82 Å². The maximum absolute atomic E-state index is 13.2. The molecule has 1 saturated heterocycles. The third-order valence-corrected chi connectivity index (χ3v) is 3.02. The summed E-state index contributed by atoms with van der Waals surface area (Å²) >= 11 is 0. The number of carbonyl (C=O) groups excluding carboxylic acids is 1. The Labute approximate surface area is 111 Å². The summed E-state index contributed by atoms with van der Waals surface area (Å²) in [6.45, 7) is 2.28. The van der Waals surface area contributed by atoms with Gasteiger partial charge < -0.3 is 15.4 Å². The number of hydrogen-bond donors (Lipinski definition) is 2. The van der Waals surface area contributed by atoms with Gasteiger partial charge in [0.1, 0.15) is 0 Å². The van der Waals surface area contributed by atoms with Crippen LogP contribution >= 0.6 is 0 Å². The van der Waals surface area contributed by atoms with E-state index in [1.54, 1.807) is 0 Å². The molecule has 1 amide bonds. The number of nitrogens with one attached hydrogen (secondary N) is 2. The highest BCUT2D eigenvalue weighted by molar-refractivity contribution is 5.90. The molecule has 2 rings (SSSR count). The average molecular weight is 267 g/mol. The molecule has 1 aromatic heterocycles. The summed E-state index contributed by atoms with van der Waals surface area (Å²) in [6, 6.07) is 1.43. The Balaban J connectivity index is 1.68. The number of anilines is 1. The second-order valence-corrected chi connectivity index (χ2v) is 4.47. The molecule has 0 radical (unpaired) electrons. The van der Waals surface area contributed by atoms with E-state index in [2.05, 4.69) is 15.6 Å². The molecule has 1 aliphatic rings. The van der Waals surface area contributed by atoms with Gasteiger partial charge in [-0.1, -0.05) is 0 Å². The van der Waals surface area contributed by atoms with E-state index in [9.17, 15) is 9.18 Å². The Bertz CT molecular complexity index is 422. The lowest BCUT2D eigenvalue weighted by molar-refractivity contribution is -0.117. The molecule has 0 atom stereocenters. The van der Waals surface area contributed by atoms with Crippen molar-refractivity contribution >= 4 is 11.6 Å². The second kappa shape index (κ2) is 7.16. The summed E-state index contributed by atoms with van der Waals surface area (Å²) in [4.78, 5) is 15.2. The number of rotatable bonds is 5. The zero-order valence-corrected chi connectivity index (χ0v) is 10.7. The Morgan fingerprint density at radius 2 is 2.32 bits per heavy atom. The minimum Gasteiger partial charge on any atom is -0.378 e. The molecule has 19 heavy (non-hydrogen) atoms. The van der Waals surface area contributed by atoms with Crippen LogP contribution in [0.25, 0.3) is 0 Å². The number of pyridine rings is 1. The number of halogens is 1. The van der Waals surface area contributed by atoms with Gasteiger partial charge in [-0.15, -0.1) is 0 Å². The second-order valence-electron chi connectivity index (χ2n) is 4.47. The number of amides is 1. The number of nitrogens with zero attached hydrogens (tertiary/aromatic N) is 1. The lowest BCUT2D eigenvalue weighted by Gasteiger charge is -2.22. The van der Waals surface area contributed by atoms with Crippen molar-refractivity contribution in [2.24, 2.45) is 0 Å². The van der Waals surface area contributed by atoms with Gasteiger partial charge in [-0.25, -0.2) is 4.39 Å². The molecule has 1 fully saturated rings. The number of hydrogen-bond acceptors (Lipinski definition) is 4. The molecule has 0 unspecified atom stereocenters. The number of aromatic nitrogens is 1.